The summed E-state index contributed by atoms with van der Waals surface area (Å²) in [4.78, 5) is 17.1. The Labute approximate surface area is 214 Å². The van der Waals surface area contributed by atoms with E-state index in [1.165, 1.54) is 27.9 Å². The molecular formula is C28H27N5O2S. The Kier molecular flexibility index (Phi) is 6.14. The molecule has 0 spiro atoms. The van der Waals surface area contributed by atoms with Gasteiger partial charge < -0.3 is 9.30 Å². The van der Waals surface area contributed by atoms with Gasteiger partial charge in [-0.3, -0.25) is 10.2 Å². The van der Waals surface area contributed by atoms with Gasteiger partial charge in [-0.1, -0.05) is 30.3 Å². The molecule has 1 N–H and O–H groups in total. The third-order valence-electron chi connectivity index (χ3n) is 6.32. The summed E-state index contributed by atoms with van der Waals surface area (Å²) >= 11 is 1.25. The van der Waals surface area contributed by atoms with Gasteiger partial charge in [0.2, 0.25) is 5.17 Å². The number of rotatable bonds is 5. The molecule has 0 aliphatic carbocycles. The number of para-hydroxylation sites is 1. The number of aliphatic imine (C=N–C) groups is 1. The Hall–Kier alpha value is -3.91. The predicted molar refractivity (Wildman–Crippen MR) is 146 cm³/mol. The maximum atomic E-state index is 12.9. The standard InChI is InChI=1S/C28H27N5O2S/c1-16-10-11-17(2)23(12-16)32-19(4)13-21(20(32)5)14-22-26(29)33-28(30-27(22)34)36-25(31-33)15-35-24-9-7-6-8-18(24)3/h6-14,29H,15H2,1-5H3/b22-14-,29-26?. The number of hydrazone groups is 1. The number of carbonyl (C=O) groups excluding carboxylic acids is 1. The number of nitrogens with zero attached hydrogens (tertiary/aromatic N) is 4. The Morgan fingerprint density at radius 2 is 1.81 bits per heavy atom. The van der Waals surface area contributed by atoms with Gasteiger partial charge in [0.15, 0.2) is 5.84 Å². The van der Waals surface area contributed by atoms with E-state index in [-0.39, 0.29) is 18.0 Å². The van der Waals surface area contributed by atoms with Crippen LogP contribution in [-0.4, -0.2) is 38.1 Å². The lowest BCUT2D eigenvalue weighted by Gasteiger charge is -2.20. The second-order valence-corrected chi connectivity index (χ2v) is 10.1. The molecule has 2 aliphatic rings. The molecule has 2 aliphatic heterocycles. The van der Waals surface area contributed by atoms with Crippen molar-refractivity contribution in [2.24, 2.45) is 10.1 Å². The van der Waals surface area contributed by atoms with Crippen LogP contribution in [0.15, 0.2) is 64.2 Å². The number of amides is 1. The summed E-state index contributed by atoms with van der Waals surface area (Å²) in [6, 6.07) is 16.2. The van der Waals surface area contributed by atoms with E-state index in [1.807, 2.05) is 51.1 Å². The SMILES string of the molecule is Cc1ccc(C)c(-n2c(C)cc(/C=C3/C(=N)N4N=C(COc5ccccc5C)SC4=NC3=O)c2C)c1. The summed E-state index contributed by atoms with van der Waals surface area (Å²) in [5.41, 5.74) is 7.63. The fourth-order valence-corrected chi connectivity index (χ4v) is 5.17. The molecule has 8 heteroatoms. The van der Waals surface area contributed by atoms with Crippen molar-refractivity contribution in [3.8, 4) is 11.4 Å². The van der Waals surface area contributed by atoms with Crippen LogP contribution in [0.5, 0.6) is 5.75 Å². The fraction of sp³-hybridized carbons (Fsp3) is 0.214. The number of benzene rings is 2. The molecule has 3 aromatic rings. The minimum absolute atomic E-state index is 0.0138. The van der Waals surface area contributed by atoms with E-state index in [2.05, 4.69) is 46.7 Å². The molecule has 1 amide bonds. The van der Waals surface area contributed by atoms with Crippen molar-refractivity contribution in [2.75, 3.05) is 6.61 Å². The van der Waals surface area contributed by atoms with Gasteiger partial charge in [-0.05, 0) is 92.9 Å². The number of ether oxygens (including phenoxy) is 1. The van der Waals surface area contributed by atoms with Crippen LogP contribution >= 0.6 is 11.8 Å². The summed E-state index contributed by atoms with van der Waals surface area (Å²) in [5.74, 6) is 0.352. The topological polar surface area (TPSA) is 83.0 Å². The number of thioether (sulfide) groups is 1. The highest BCUT2D eigenvalue weighted by Gasteiger charge is 2.36. The smallest absolute Gasteiger partial charge is 0.283 e. The zero-order chi connectivity index (χ0) is 25.6. The molecule has 0 fully saturated rings. The largest absolute Gasteiger partial charge is 0.486 e. The number of hydrogen-bond donors (Lipinski definition) is 1. The van der Waals surface area contributed by atoms with E-state index in [1.54, 1.807) is 6.08 Å². The lowest BCUT2D eigenvalue weighted by molar-refractivity contribution is -0.114. The summed E-state index contributed by atoms with van der Waals surface area (Å²) < 4.78 is 8.08. The number of hydrogen-bond acceptors (Lipinski definition) is 5. The van der Waals surface area contributed by atoms with E-state index >= 15 is 0 Å². The first-order chi connectivity index (χ1) is 17.2. The molecule has 182 valence electrons. The Bertz CT molecular complexity index is 1510. The summed E-state index contributed by atoms with van der Waals surface area (Å²) in [6.07, 6.45) is 1.75. The van der Waals surface area contributed by atoms with Crippen LogP contribution in [0.25, 0.3) is 11.8 Å². The van der Waals surface area contributed by atoms with Crippen molar-refractivity contribution in [1.82, 2.24) is 9.58 Å². The van der Waals surface area contributed by atoms with Gasteiger partial charge in [0.25, 0.3) is 5.91 Å². The molecule has 0 unspecified atom stereocenters. The third-order valence-corrected chi connectivity index (χ3v) is 7.20. The number of fused-ring (bicyclic) bond motifs is 1. The quantitative estimate of drug-likeness (QED) is 0.457. The molecule has 7 nitrogen and oxygen atoms in total. The summed E-state index contributed by atoms with van der Waals surface area (Å²) in [6.45, 7) is 10.5. The van der Waals surface area contributed by atoms with Crippen molar-refractivity contribution in [1.29, 1.82) is 5.41 Å². The van der Waals surface area contributed by atoms with Crippen LogP contribution in [0.4, 0.5) is 0 Å². The van der Waals surface area contributed by atoms with Gasteiger partial charge in [0, 0.05) is 17.1 Å². The van der Waals surface area contributed by atoms with E-state index in [4.69, 9.17) is 10.1 Å². The maximum Gasteiger partial charge on any atom is 0.283 e. The highest BCUT2D eigenvalue weighted by atomic mass is 32.2. The molecule has 2 aromatic carbocycles. The first kappa shape index (κ1) is 23.8. The van der Waals surface area contributed by atoms with Crippen LogP contribution in [0.1, 0.15) is 33.6 Å². The lowest BCUT2D eigenvalue weighted by Crippen LogP contribution is -2.35. The van der Waals surface area contributed by atoms with Gasteiger partial charge in [-0.25, -0.2) is 0 Å². The summed E-state index contributed by atoms with van der Waals surface area (Å²) in [7, 11) is 0. The van der Waals surface area contributed by atoms with Crippen molar-refractivity contribution in [3.05, 3.63) is 87.7 Å². The average Bonchev–Trinajstić information content (AvgIpc) is 3.37. The molecule has 3 heterocycles. The minimum Gasteiger partial charge on any atom is -0.486 e. The predicted octanol–water partition coefficient (Wildman–Crippen LogP) is 5.72. The molecule has 0 saturated heterocycles. The number of carbonyl (C=O) groups is 1. The molecule has 0 radical (unpaired) electrons. The van der Waals surface area contributed by atoms with Crippen LogP contribution in [0.2, 0.25) is 0 Å². The molecule has 0 saturated carbocycles. The van der Waals surface area contributed by atoms with E-state index < -0.39 is 5.91 Å². The zero-order valence-electron chi connectivity index (χ0n) is 20.9. The number of aromatic nitrogens is 1. The van der Waals surface area contributed by atoms with E-state index in [0.29, 0.717) is 10.2 Å². The highest BCUT2D eigenvalue weighted by Crippen LogP contribution is 2.31. The maximum absolute atomic E-state index is 12.9. The first-order valence-corrected chi connectivity index (χ1v) is 12.5. The van der Waals surface area contributed by atoms with Crippen molar-refractivity contribution < 1.29 is 9.53 Å². The Morgan fingerprint density at radius 3 is 2.58 bits per heavy atom. The molecule has 1 aromatic heterocycles. The monoisotopic (exact) mass is 497 g/mol. The molecule has 5 rings (SSSR count). The Balaban J connectivity index is 1.42. The lowest BCUT2D eigenvalue weighted by atomic mass is 10.1. The normalized spacial score (nSPS) is 16.4. The van der Waals surface area contributed by atoms with Gasteiger partial charge in [0.05, 0.1) is 5.57 Å². The molecule has 36 heavy (non-hydrogen) atoms. The number of nitrogens with one attached hydrogen (secondary N) is 1. The van der Waals surface area contributed by atoms with E-state index in [9.17, 15) is 4.79 Å². The summed E-state index contributed by atoms with van der Waals surface area (Å²) in [5, 5.41) is 15.7. The van der Waals surface area contributed by atoms with Crippen LogP contribution < -0.4 is 4.74 Å². The van der Waals surface area contributed by atoms with Gasteiger partial charge in [-0.15, -0.1) is 0 Å². The van der Waals surface area contributed by atoms with Crippen molar-refractivity contribution in [2.45, 2.75) is 34.6 Å². The minimum atomic E-state index is -0.438. The average molecular weight is 498 g/mol. The Morgan fingerprint density at radius 1 is 1.03 bits per heavy atom. The second-order valence-electron chi connectivity index (χ2n) is 9.02. The molecule has 0 bridgehead atoms. The van der Waals surface area contributed by atoms with Crippen LogP contribution in [0, 0.1) is 40.0 Å². The van der Waals surface area contributed by atoms with Gasteiger partial charge >= 0.3 is 0 Å². The molecule has 0 atom stereocenters. The third kappa shape index (κ3) is 4.28. The first-order valence-electron chi connectivity index (χ1n) is 11.7. The van der Waals surface area contributed by atoms with Crippen LogP contribution in [0.3, 0.4) is 0 Å². The van der Waals surface area contributed by atoms with Crippen molar-refractivity contribution >= 4 is 39.8 Å². The van der Waals surface area contributed by atoms with Gasteiger partial charge in [-0.2, -0.15) is 15.1 Å². The number of amidine groups is 2. The highest BCUT2D eigenvalue weighted by molar-refractivity contribution is 8.27. The van der Waals surface area contributed by atoms with Crippen molar-refractivity contribution in [3.63, 3.8) is 0 Å². The fourth-order valence-electron chi connectivity index (χ4n) is 4.37. The number of aryl methyl sites for hydroxylation is 4. The van der Waals surface area contributed by atoms with Gasteiger partial charge in [0.1, 0.15) is 17.4 Å². The van der Waals surface area contributed by atoms with E-state index in [0.717, 1.165) is 34.0 Å². The van der Waals surface area contributed by atoms with Crippen LogP contribution in [-0.2, 0) is 4.79 Å². The zero-order valence-corrected chi connectivity index (χ0v) is 21.7. The molecular weight excluding hydrogens is 470 g/mol. The second kappa shape index (κ2) is 9.28.